The van der Waals surface area contributed by atoms with Crippen LogP contribution in [0.15, 0.2) is 24.3 Å². The van der Waals surface area contributed by atoms with Gasteiger partial charge < -0.3 is 9.84 Å². The van der Waals surface area contributed by atoms with E-state index in [-0.39, 0.29) is 18.3 Å². The zero-order valence-electron chi connectivity index (χ0n) is 9.93. The van der Waals surface area contributed by atoms with Crippen LogP contribution in [0.2, 0.25) is 0 Å². The molecule has 0 saturated carbocycles. The van der Waals surface area contributed by atoms with Crippen LogP contribution in [0.3, 0.4) is 0 Å². The zero-order valence-corrected chi connectivity index (χ0v) is 9.93. The average Bonchev–Trinajstić information content (AvgIpc) is 2.27. The molecule has 0 saturated heterocycles. The molecule has 0 aliphatic heterocycles. The number of benzene rings is 1. The fourth-order valence-electron chi connectivity index (χ4n) is 1.64. The van der Waals surface area contributed by atoms with Crippen molar-refractivity contribution < 1.29 is 14.6 Å². The number of rotatable bonds is 4. The second-order valence-corrected chi connectivity index (χ2v) is 4.12. The van der Waals surface area contributed by atoms with Gasteiger partial charge in [-0.1, -0.05) is 36.8 Å². The summed E-state index contributed by atoms with van der Waals surface area (Å²) in [6, 6.07) is 7.67. The first-order chi connectivity index (χ1) is 7.54. The topological polar surface area (TPSA) is 46.5 Å². The van der Waals surface area contributed by atoms with Crippen molar-refractivity contribution in [1.82, 2.24) is 0 Å². The minimum atomic E-state index is -0.626. The van der Waals surface area contributed by atoms with Crippen LogP contribution in [-0.4, -0.2) is 18.2 Å². The zero-order chi connectivity index (χ0) is 12.1. The van der Waals surface area contributed by atoms with Crippen molar-refractivity contribution in [3.63, 3.8) is 0 Å². The van der Waals surface area contributed by atoms with Gasteiger partial charge in [0.15, 0.2) is 0 Å². The van der Waals surface area contributed by atoms with Gasteiger partial charge >= 0.3 is 5.97 Å². The Hall–Kier alpha value is -1.35. The standard InChI is InChI=1S/C13H18O3/c1-9-5-4-6-11(7-9)13(15)10(2)8-12(14)16-3/h4-7,10,13,15H,8H2,1-3H3. The van der Waals surface area contributed by atoms with E-state index in [0.29, 0.717) is 0 Å². The van der Waals surface area contributed by atoms with Gasteiger partial charge in [0, 0.05) is 0 Å². The Bertz CT molecular complexity index is 360. The number of aryl methyl sites for hydroxylation is 1. The molecule has 0 aliphatic rings. The summed E-state index contributed by atoms with van der Waals surface area (Å²) < 4.78 is 4.58. The molecule has 1 aromatic rings. The van der Waals surface area contributed by atoms with Crippen LogP contribution in [-0.2, 0) is 9.53 Å². The maximum atomic E-state index is 11.1. The summed E-state index contributed by atoms with van der Waals surface area (Å²) in [7, 11) is 1.36. The van der Waals surface area contributed by atoms with Crippen LogP contribution in [0.4, 0.5) is 0 Å². The number of ether oxygens (including phenoxy) is 1. The second-order valence-electron chi connectivity index (χ2n) is 4.12. The van der Waals surface area contributed by atoms with Gasteiger partial charge in [-0.05, 0) is 18.4 Å². The quantitative estimate of drug-likeness (QED) is 0.795. The number of hydrogen-bond acceptors (Lipinski definition) is 3. The minimum absolute atomic E-state index is 0.144. The van der Waals surface area contributed by atoms with Crippen LogP contribution >= 0.6 is 0 Å². The number of esters is 1. The molecule has 0 heterocycles. The maximum Gasteiger partial charge on any atom is 0.305 e. The Labute approximate surface area is 96.1 Å². The van der Waals surface area contributed by atoms with Gasteiger partial charge in [0.05, 0.1) is 19.6 Å². The normalized spacial score (nSPS) is 14.2. The van der Waals surface area contributed by atoms with Gasteiger partial charge in [-0.25, -0.2) is 0 Å². The van der Waals surface area contributed by atoms with Crippen molar-refractivity contribution in [3.8, 4) is 0 Å². The van der Waals surface area contributed by atoms with Crippen molar-refractivity contribution >= 4 is 5.97 Å². The summed E-state index contributed by atoms with van der Waals surface area (Å²) in [6.07, 6.45) is -0.398. The third-order valence-corrected chi connectivity index (χ3v) is 2.64. The van der Waals surface area contributed by atoms with Crippen molar-refractivity contribution in [2.45, 2.75) is 26.4 Å². The van der Waals surface area contributed by atoms with E-state index < -0.39 is 6.10 Å². The van der Waals surface area contributed by atoms with Crippen molar-refractivity contribution in [3.05, 3.63) is 35.4 Å². The minimum Gasteiger partial charge on any atom is -0.469 e. The summed E-state index contributed by atoms with van der Waals surface area (Å²) in [6.45, 7) is 3.81. The van der Waals surface area contributed by atoms with E-state index >= 15 is 0 Å². The lowest BCUT2D eigenvalue weighted by Crippen LogP contribution is -2.15. The van der Waals surface area contributed by atoms with Crippen LogP contribution < -0.4 is 0 Å². The Balaban J connectivity index is 2.70. The fourth-order valence-corrected chi connectivity index (χ4v) is 1.64. The van der Waals surface area contributed by atoms with E-state index in [1.807, 2.05) is 38.1 Å². The van der Waals surface area contributed by atoms with E-state index in [1.54, 1.807) is 0 Å². The maximum absolute atomic E-state index is 11.1. The Morgan fingerprint density at radius 2 is 2.19 bits per heavy atom. The first-order valence-corrected chi connectivity index (χ1v) is 5.36. The molecule has 2 unspecified atom stereocenters. The third kappa shape index (κ3) is 3.35. The molecule has 0 spiro atoms. The van der Waals surface area contributed by atoms with Crippen LogP contribution in [0.5, 0.6) is 0 Å². The van der Waals surface area contributed by atoms with E-state index in [4.69, 9.17) is 0 Å². The lowest BCUT2D eigenvalue weighted by atomic mass is 9.94. The summed E-state index contributed by atoms with van der Waals surface area (Å²) in [5, 5.41) is 10.1. The lowest BCUT2D eigenvalue weighted by molar-refractivity contribution is -0.142. The molecule has 0 radical (unpaired) electrons. The van der Waals surface area contributed by atoms with Crippen molar-refractivity contribution in [2.24, 2.45) is 5.92 Å². The highest BCUT2D eigenvalue weighted by molar-refractivity contribution is 5.69. The second kappa shape index (κ2) is 5.66. The summed E-state index contributed by atoms with van der Waals surface area (Å²) in [5.74, 6) is -0.437. The van der Waals surface area contributed by atoms with Crippen LogP contribution in [0, 0.1) is 12.8 Å². The van der Waals surface area contributed by atoms with E-state index in [0.717, 1.165) is 11.1 Å². The highest BCUT2D eigenvalue weighted by atomic mass is 16.5. The summed E-state index contributed by atoms with van der Waals surface area (Å²) >= 11 is 0. The first kappa shape index (κ1) is 12.7. The van der Waals surface area contributed by atoms with E-state index in [2.05, 4.69) is 4.74 Å². The van der Waals surface area contributed by atoms with Crippen LogP contribution in [0.1, 0.15) is 30.6 Å². The first-order valence-electron chi connectivity index (χ1n) is 5.36. The number of carbonyl (C=O) groups is 1. The number of aliphatic hydroxyl groups excluding tert-OH is 1. The average molecular weight is 222 g/mol. The predicted molar refractivity (Wildman–Crippen MR) is 61.9 cm³/mol. The molecule has 1 rings (SSSR count). The Kier molecular flexibility index (Phi) is 4.50. The van der Waals surface area contributed by atoms with Crippen LogP contribution in [0.25, 0.3) is 0 Å². The van der Waals surface area contributed by atoms with Gasteiger partial charge in [-0.15, -0.1) is 0 Å². The number of hydrogen-bond donors (Lipinski definition) is 1. The molecule has 16 heavy (non-hydrogen) atoms. The largest absolute Gasteiger partial charge is 0.469 e. The SMILES string of the molecule is COC(=O)CC(C)C(O)c1cccc(C)c1. The fraction of sp³-hybridized carbons (Fsp3) is 0.462. The smallest absolute Gasteiger partial charge is 0.305 e. The molecule has 0 amide bonds. The van der Waals surface area contributed by atoms with Gasteiger partial charge in [0.2, 0.25) is 0 Å². The molecule has 0 aliphatic carbocycles. The molecular weight excluding hydrogens is 204 g/mol. The van der Waals surface area contributed by atoms with Crippen molar-refractivity contribution in [2.75, 3.05) is 7.11 Å². The highest BCUT2D eigenvalue weighted by Crippen LogP contribution is 2.25. The molecule has 88 valence electrons. The van der Waals surface area contributed by atoms with Gasteiger partial charge in [-0.3, -0.25) is 4.79 Å². The Morgan fingerprint density at radius 3 is 2.75 bits per heavy atom. The molecule has 1 aromatic carbocycles. The van der Waals surface area contributed by atoms with Gasteiger partial charge in [-0.2, -0.15) is 0 Å². The Morgan fingerprint density at radius 1 is 1.50 bits per heavy atom. The molecule has 0 aromatic heterocycles. The molecule has 3 nitrogen and oxygen atoms in total. The van der Waals surface area contributed by atoms with Gasteiger partial charge in [0.1, 0.15) is 0 Å². The summed E-state index contributed by atoms with van der Waals surface area (Å²) in [4.78, 5) is 11.1. The van der Waals surface area contributed by atoms with E-state index in [1.165, 1.54) is 7.11 Å². The third-order valence-electron chi connectivity index (χ3n) is 2.64. The van der Waals surface area contributed by atoms with Gasteiger partial charge in [0.25, 0.3) is 0 Å². The molecule has 1 N–H and O–H groups in total. The highest BCUT2D eigenvalue weighted by Gasteiger charge is 2.19. The number of methoxy groups -OCH3 is 1. The predicted octanol–water partition coefficient (Wildman–Crippen LogP) is 2.23. The molecular formula is C13H18O3. The summed E-state index contributed by atoms with van der Waals surface area (Å²) in [5.41, 5.74) is 1.94. The lowest BCUT2D eigenvalue weighted by Gasteiger charge is -2.18. The number of carbonyl (C=O) groups excluding carboxylic acids is 1. The monoisotopic (exact) mass is 222 g/mol. The van der Waals surface area contributed by atoms with Crippen molar-refractivity contribution in [1.29, 1.82) is 0 Å². The molecule has 2 atom stereocenters. The van der Waals surface area contributed by atoms with E-state index in [9.17, 15) is 9.90 Å². The number of aliphatic hydroxyl groups is 1. The molecule has 0 fully saturated rings. The molecule has 0 bridgehead atoms. The molecule has 3 heteroatoms.